The van der Waals surface area contributed by atoms with E-state index in [0.717, 1.165) is 29.0 Å². The van der Waals surface area contributed by atoms with Gasteiger partial charge in [0.05, 0.1) is 21.3 Å². The van der Waals surface area contributed by atoms with Crippen LogP contribution in [0.3, 0.4) is 0 Å². The number of methoxy groups -OCH3 is 3. The molecule has 0 fully saturated rings. The van der Waals surface area contributed by atoms with Gasteiger partial charge in [0.15, 0.2) is 5.96 Å². The maximum Gasteiger partial charge on any atom is 0.190 e. The largest absolute Gasteiger partial charge is 0.496 e. The maximum atomic E-state index is 13.0. The number of rotatable bonds is 9. The van der Waals surface area contributed by atoms with Gasteiger partial charge >= 0.3 is 0 Å². The predicted octanol–water partition coefficient (Wildman–Crippen LogP) is 2.80. The minimum atomic E-state index is -0.224. The number of nitrogens with zero attached hydrogens (tertiary/aromatic N) is 1. The normalized spacial score (nSPS) is 11.1. The standard InChI is InChI=1S/C21H28FN3O3/c1-23-21(24-11-9-15-5-7-16(22)8-6-15)25-12-10-18-19(27-3)13-17(26-2)14-20(18)28-4/h5-8,13-14H,9-12H2,1-4H3,(H2,23,24,25). The molecule has 0 atom stereocenters. The number of nitrogens with one attached hydrogen (secondary N) is 2. The number of hydrogen-bond acceptors (Lipinski definition) is 4. The Bertz CT molecular complexity index is 754. The monoisotopic (exact) mass is 389 g/mol. The van der Waals surface area contributed by atoms with Crippen LogP contribution in [0.4, 0.5) is 4.39 Å². The highest BCUT2D eigenvalue weighted by Gasteiger charge is 2.13. The van der Waals surface area contributed by atoms with Gasteiger partial charge < -0.3 is 24.8 Å². The van der Waals surface area contributed by atoms with Crippen LogP contribution in [0.5, 0.6) is 17.2 Å². The van der Waals surface area contributed by atoms with Crippen LogP contribution < -0.4 is 24.8 Å². The Kier molecular flexibility index (Phi) is 8.39. The summed E-state index contributed by atoms with van der Waals surface area (Å²) in [5.41, 5.74) is 2.03. The molecular weight excluding hydrogens is 361 g/mol. The first kappa shape index (κ1) is 21.3. The van der Waals surface area contributed by atoms with Gasteiger partial charge in [0.1, 0.15) is 23.1 Å². The van der Waals surface area contributed by atoms with Crippen molar-refractivity contribution in [3.05, 3.63) is 53.3 Å². The third-order valence-electron chi connectivity index (χ3n) is 4.33. The van der Waals surface area contributed by atoms with E-state index in [-0.39, 0.29) is 5.82 Å². The van der Waals surface area contributed by atoms with Gasteiger partial charge in [0, 0.05) is 37.8 Å². The molecule has 152 valence electrons. The highest BCUT2D eigenvalue weighted by molar-refractivity contribution is 5.79. The van der Waals surface area contributed by atoms with Crippen LogP contribution >= 0.6 is 0 Å². The number of ether oxygens (including phenoxy) is 3. The van der Waals surface area contributed by atoms with Crippen LogP contribution in [-0.2, 0) is 12.8 Å². The summed E-state index contributed by atoms with van der Waals surface area (Å²) in [4.78, 5) is 4.23. The van der Waals surface area contributed by atoms with Crippen molar-refractivity contribution in [3.63, 3.8) is 0 Å². The second-order valence-corrected chi connectivity index (χ2v) is 6.06. The molecule has 0 radical (unpaired) electrons. The summed E-state index contributed by atoms with van der Waals surface area (Å²) in [6, 6.07) is 10.2. The summed E-state index contributed by atoms with van der Waals surface area (Å²) in [6.07, 6.45) is 1.47. The molecule has 0 aliphatic rings. The summed E-state index contributed by atoms with van der Waals surface area (Å²) in [5.74, 6) is 2.60. The van der Waals surface area contributed by atoms with Gasteiger partial charge in [-0.25, -0.2) is 4.39 Å². The van der Waals surface area contributed by atoms with Crippen molar-refractivity contribution in [2.75, 3.05) is 41.5 Å². The van der Waals surface area contributed by atoms with Crippen molar-refractivity contribution in [1.82, 2.24) is 10.6 Å². The lowest BCUT2D eigenvalue weighted by molar-refractivity contribution is 0.368. The minimum Gasteiger partial charge on any atom is -0.496 e. The first-order chi connectivity index (χ1) is 13.6. The number of aliphatic imine (C=N–C) groups is 1. The number of halogens is 1. The SMILES string of the molecule is CN=C(NCCc1ccc(F)cc1)NCCc1c(OC)cc(OC)cc1OC. The van der Waals surface area contributed by atoms with E-state index in [1.54, 1.807) is 40.5 Å². The van der Waals surface area contributed by atoms with Gasteiger partial charge in [0.2, 0.25) is 0 Å². The zero-order valence-electron chi connectivity index (χ0n) is 16.8. The summed E-state index contributed by atoms with van der Waals surface area (Å²) in [6.45, 7) is 1.34. The molecule has 0 aliphatic carbocycles. The Morgan fingerprint density at radius 3 is 1.96 bits per heavy atom. The second-order valence-electron chi connectivity index (χ2n) is 6.06. The topological polar surface area (TPSA) is 64.1 Å². The molecule has 0 spiro atoms. The smallest absolute Gasteiger partial charge is 0.190 e. The lowest BCUT2D eigenvalue weighted by atomic mass is 10.1. The third-order valence-corrected chi connectivity index (χ3v) is 4.33. The quantitative estimate of drug-likeness (QED) is 0.510. The Morgan fingerprint density at radius 1 is 0.893 bits per heavy atom. The van der Waals surface area contributed by atoms with E-state index < -0.39 is 0 Å². The summed E-state index contributed by atoms with van der Waals surface area (Å²) in [7, 11) is 6.58. The van der Waals surface area contributed by atoms with E-state index in [0.29, 0.717) is 31.2 Å². The van der Waals surface area contributed by atoms with Gasteiger partial charge in [-0.1, -0.05) is 12.1 Å². The van der Waals surface area contributed by atoms with Gasteiger partial charge in [-0.15, -0.1) is 0 Å². The second kappa shape index (κ2) is 11.0. The van der Waals surface area contributed by atoms with Crippen LogP contribution in [0.1, 0.15) is 11.1 Å². The minimum absolute atomic E-state index is 0.224. The highest BCUT2D eigenvalue weighted by atomic mass is 19.1. The molecule has 0 bridgehead atoms. The molecule has 0 aromatic heterocycles. The maximum absolute atomic E-state index is 13.0. The van der Waals surface area contributed by atoms with E-state index in [4.69, 9.17) is 14.2 Å². The van der Waals surface area contributed by atoms with E-state index in [9.17, 15) is 4.39 Å². The van der Waals surface area contributed by atoms with Crippen molar-refractivity contribution in [1.29, 1.82) is 0 Å². The van der Waals surface area contributed by atoms with Gasteiger partial charge in [-0.2, -0.15) is 0 Å². The van der Waals surface area contributed by atoms with Crippen LogP contribution in [-0.4, -0.2) is 47.4 Å². The molecule has 0 saturated heterocycles. The molecule has 0 aliphatic heterocycles. The first-order valence-corrected chi connectivity index (χ1v) is 9.09. The molecule has 0 saturated carbocycles. The molecular formula is C21H28FN3O3. The lowest BCUT2D eigenvalue weighted by Crippen LogP contribution is -2.39. The zero-order chi connectivity index (χ0) is 20.4. The van der Waals surface area contributed by atoms with E-state index in [1.807, 2.05) is 12.1 Å². The van der Waals surface area contributed by atoms with Gasteiger partial charge in [-0.05, 0) is 30.5 Å². The Morgan fingerprint density at radius 2 is 1.46 bits per heavy atom. The zero-order valence-corrected chi connectivity index (χ0v) is 16.8. The fourth-order valence-corrected chi connectivity index (χ4v) is 2.83. The number of guanidine groups is 1. The molecule has 2 aromatic carbocycles. The molecule has 6 nitrogen and oxygen atoms in total. The Balaban J connectivity index is 1.87. The molecule has 0 amide bonds. The lowest BCUT2D eigenvalue weighted by Gasteiger charge is -2.16. The van der Waals surface area contributed by atoms with Crippen LogP contribution in [0.15, 0.2) is 41.4 Å². The van der Waals surface area contributed by atoms with E-state index in [2.05, 4.69) is 15.6 Å². The highest BCUT2D eigenvalue weighted by Crippen LogP contribution is 2.34. The number of benzene rings is 2. The van der Waals surface area contributed by atoms with Crippen molar-refractivity contribution in [2.45, 2.75) is 12.8 Å². The summed E-state index contributed by atoms with van der Waals surface area (Å²) in [5, 5.41) is 6.54. The van der Waals surface area contributed by atoms with Gasteiger partial charge in [-0.3, -0.25) is 4.99 Å². The number of hydrogen-bond donors (Lipinski definition) is 2. The average molecular weight is 389 g/mol. The Hall–Kier alpha value is -2.96. The van der Waals surface area contributed by atoms with Crippen LogP contribution in [0.25, 0.3) is 0 Å². The molecule has 0 unspecified atom stereocenters. The third kappa shape index (κ3) is 6.04. The van der Waals surface area contributed by atoms with Crippen LogP contribution in [0.2, 0.25) is 0 Å². The average Bonchev–Trinajstić information content (AvgIpc) is 2.73. The first-order valence-electron chi connectivity index (χ1n) is 9.09. The summed E-state index contributed by atoms with van der Waals surface area (Å²) < 4.78 is 29.2. The van der Waals surface area contributed by atoms with Gasteiger partial charge in [0.25, 0.3) is 0 Å². The van der Waals surface area contributed by atoms with Crippen molar-refractivity contribution in [3.8, 4) is 17.2 Å². The summed E-state index contributed by atoms with van der Waals surface area (Å²) >= 11 is 0. The Labute approximate surface area is 165 Å². The van der Waals surface area contributed by atoms with Crippen LogP contribution in [0, 0.1) is 5.82 Å². The molecule has 28 heavy (non-hydrogen) atoms. The van der Waals surface area contributed by atoms with E-state index >= 15 is 0 Å². The molecule has 7 heteroatoms. The molecule has 2 N–H and O–H groups in total. The molecule has 2 aromatic rings. The fourth-order valence-electron chi connectivity index (χ4n) is 2.83. The van der Waals surface area contributed by atoms with Crippen molar-refractivity contribution >= 4 is 5.96 Å². The van der Waals surface area contributed by atoms with E-state index in [1.165, 1.54) is 12.1 Å². The predicted molar refractivity (Wildman–Crippen MR) is 109 cm³/mol. The van der Waals surface area contributed by atoms with Crippen molar-refractivity contribution in [2.24, 2.45) is 4.99 Å². The molecule has 0 heterocycles. The van der Waals surface area contributed by atoms with Crippen molar-refractivity contribution < 1.29 is 18.6 Å². The fraction of sp³-hybridized carbons (Fsp3) is 0.381. The molecule has 2 rings (SSSR count).